The molecule has 8 rings (SSSR count). The number of piperazine rings is 2. The van der Waals surface area contributed by atoms with Gasteiger partial charge in [-0.1, -0.05) is 68.3 Å². The first-order valence-electron chi connectivity index (χ1n) is 19.8. The number of para-hydroxylation sites is 2. The Morgan fingerprint density at radius 1 is 0.583 bits per heavy atom. The van der Waals surface area contributed by atoms with Crippen molar-refractivity contribution in [2.45, 2.75) is 48.4 Å². The van der Waals surface area contributed by atoms with Crippen molar-refractivity contribution in [3.8, 4) is 0 Å². The molecular formula is C42H46Br2N10O4S2. The summed E-state index contributed by atoms with van der Waals surface area (Å²) in [6.45, 7) is 7.97. The number of nitrogens with two attached hydrogens (primary N) is 1. The van der Waals surface area contributed by atoms with Gasteiger partial charge in [-0.3, -0.25) is 15.1 Å². The summed E-state index contributed by atoms with van der Waals surface area (Å²) in [7, 11) is -7.23. The van der Waals surface area contributed by atoms with Crippen LogP contribution in [0.25, 0.3) is 21.8 Å². The Balaban J connectivity index is 0.970. The molecule has 4 aromatic carbocycles. The molecule has 3 N–H and O–H groups in total. The number of nitrogens with one attached hydrogen (secondary N) is 1. The van der Waals surface area contributed by atoms with E-state index in [0.29, 0.717) is 76.2 Å². The third kappa shape index (κ3) is 8.90. The van der Waals surface area contributed by atoms with Crippen LogP contribution >= 0.6 is 31.9 Å². The van der Waals surface area contributed by atoms with Crippen LogP contribution in [0.2, 0.25) is 0 Å². The number of rotatable bonds is 12. The monoisotopic (exact) mass is 976 g/mol. The molecule has 60 heavy (non-hydrogen) atoms. The lowest BCUT2D eigenvalue weighted by molar-refractivity contribution is 0.141. The SMILES string of the molecule is CC(c1nc(CNC(N)c2nc(C(C)N3CCN(S(=O)(=O)c4ccc(Br)cc4)CC3)nc3ccccc23)c2ccccc2n1)N1CCN(S(=O)(=O)c2ccc(Br)cc2)CC1. The third-order valence-electron chi connectivity index (χ3n) is 11.4. The fraction of sp³-hybridized carbons (Fsp3) is 0.333. The molecule has 4 heterocycles. The molecule has 0 aliphatic carbocycles. The van der Waals surface area contributed by atoms with E-state index in [1.807, 2.05) is 55.5 Å². The highest BCUT2D eigenvalue weighted by Gasteiger charge is 2.33. The molecule has 14 nitrogen and oxygen atoms in total. The first-order chi connectivity index (χ1) is 28.8. The van der Waals surface area contributed by atoms with E-state index in [2.05, 4.69) is 53.9 Å². The van der Waals surface area contributed by atoms with Gasteiger partial charge in [-0.25, -0.2) is 36.8 Å². The number of halogens is 2. The average Bonchev–Trinajstić information content (AvgIpc) is 3.27. The van der Waals surface area contributed by atoms with Crippen LogP contribution in [0.5, 0.6) is 0 Å². The molecule has 3 unspecified atom stereocenters. The van der Waals surface area contributed by atoms with Crippen LogP contribution in [-0.4, -0.2) is 108 Å². The van der Waals surface area contributed by atoms with E-state index in [1.165, 1.54) is 4.31 Å². The fourth-order valence-corrected chi connectivity index (χ4v) is 11.2. The Hall–Kier alpha value is -3.82. The summed E-state index contributed by atoms with van der Waals surface area (Å²) in [5.41, 5.74) is 9.97. The average molecular weight is 979 g/mol. The molecule has 6 aromatic rings. The van der Waals surface area contributed by atoms with E-state index in [1.54, 1.807) is 52.8 Å². The molecule has 3 atom stereocenters. The number of hydrogen-bond donors (Lipinski definition) is 2. The van der Waals surface area contributed by atoms with Crippen molar-refractivity contribution in [2.24, 2.45) is 5.73 Å². The van der Waals surface area contributed by atoms with E-state index in [-0.39, 0.29) is 21.9 Å². The summed E-state index contributed by atoms with van der Waals surface area (Å²) in [4.78, 5) is 25.0. The van der Waals surface area contributed by atoms with Gasteiger partial charge in [-0.05, 0) is 74.5 Å². The summed E-state index contributed by atoms with van der Waals surface area (Å²) >= 11 is 6.76. The number of sulfonamides is 2. The molecule has 0 saturated carbocycles. The van der Waals surface area contributed by atoms with E-state index in [9.17, 15) is 16.8 Å². The molecule has 314 valence electrons. The summed E-state index contributed by atoms with van der Waals surface area (Å²) in [5.74, 6) is 1.26. The molecule has 2 aliphatic heterocycles. The second-order valence-electron chi connectivity index (χ2n) is 15.0. The lowest BCUT2D eigenvalue weighted by atomic mass is 10.1. The van der Waals surface area contributed by atoms with Gasteiger partial charge in [-0.2, -0.15) is 8.61 Å². The minimum absolute atomic E-state index is 0.169. The van der Waals surface area contributed by atoms with Gasteiger partial charge in [0.05, 0.1) is 50.5 Å². The predicted octanol–water partition coefficient (Wildman–Crippen LogP) is 5.98. The molecule has 0 amide bonds. The number of hydrogen-bond acceptors (Lipinski definition) is 12. The molecule has 2 fully saturated rings. The molecule has 0 bridgehead atoms. The highest BCUT2D eigenvalue weighted by molar-refractivity contribution is 9.10. The van der Waals surface area contributed by atoms with Crippen molar-refractivity contribution in [3.63, 3.8) is 0 Å². The Labute approximate surface area is 367 Å². The normalized spacial score (nSPS) is 18.1. The van der Waals surface area contributed by atoms with Gasteiger partial charge in [0.2, 0.25) is 20.0 Å². The maximum Gasteiger partial charge on any atom is 0.243 e. The molecule has 0 radical (unpaired) electrons. The van der Waals surface area contributed by atoms with Crippen molar-refractivity contribution in [2.75, 3.05) is 52.4 Å². The van der Waals surface area contributed by atoms with Crippen LogP contribution in [0.4, 0.5) is 0 Å². The maximum absolute atomic E-state index is 13.4. The highest BCUT2D eigenvalue weighted by atomic mass is 79.9. The minimum atomic E-state index is -3.62. The van der Waals surface area contributed by atoms with Crippen LogP contribution in [0, 0.1) is 0 Å². The first kappa shape index (κ1) is 42.9. The third-order valence-corrected chi connectivity index (χ3v) is 16.3. The van der Waals surface area contributed by atoms with Crippen LogP contribution < -0.4 is 11.1 Å². The van der Waals surface area contributed by atoms with Crippen LogP contribution in [-0.2, 0) is 26.6 Å². The largest absolute Gasteiger partial charge is 0.311 e. The number of nitrogens with zero attached hydrogens (tertiary/aromatic N) is 8. The van der Waals surface area contributed by atoms with Gasteiger partial charge in [0, 0.05) is 78.6 Å². The summed E-state index contributed by atoms with van der Waals surface area (Å²) in [6.07, 6.45) is -0.674. The standard InChI is InChI=1S/C42H46Br2N10O4S2/c1-28(51-19-23-53(24-20-51)59(55,56)32-15-11-30(43)12-16-32)41-47-36-9-5-3-7-34(36)38(49-41)27-46-40(45)39-35-8-4-6-10-37(35)48-42(50-39)29(2)52-21-25-54(26-22-52)60(57,58)33-17-13-31(44)14-18-33/h3-18,28-29,40,46H,19-27,45H2,1-2H3. The fourth-order valence-electron chi connectivity index (χ4n) is 7.83. The Kier molecular flexibility index (Phi) is 12.8. The summed E-state index contributed by atoms with van der Waals surface area (Å²) in [5, 5.41) is 5.23. The van der Waals surface area contributed by atoms with Crippen molar-refractivity contribution >= 4 is 73.7 Å². The minimum Gasteiger partial charge on any atom is -0.311 e. The topological polar surface area (TPSA) is 171 Å². The van der Waals surface area contributed by atoms with E-state index >= 15 is 0 Å². The van der Waals surface area contributed by atoms with Gasteiger partial charge < -0.3 is 5.73 Å². The smallest absolute Gasteiger partial charge is 0.243 e. The predicted molar refractivity (Wildman–Crippen MR) is 239 cm³/mol. The van der Waals surface area contributed by atoms with Crippen LogP contribution in [0.1, 0.15) is 55.1 Å². The van der Waals surface area contributed by atoms with Gasteiger partial charge in [0.1, 0.15) is 11.6 Å². The van der Waals surface area contributed by atoms with Crippen molar-refractivity contribution in [3.05, 3.63) is 129 Å². The zero-order valence-corrected chi connectivity index (χ0v) is 38.0. The first-order valence-corrected chi connectivity index (χ1v) is 24.3. The lowest BCUT2D eigenvalue weighted by Gasteiger charge is -2.37. The lowest BCUT2D eigenvalue weighted by Crippen LogP contribution is -2.49. The second-order valence-corrected chi connectivity index (χ2v) is 20.7. The quantitative estimate of drug-likeness (QED) is 0.138. The highest BCUT2D eigenvalue weighted by Crippen LogP contribution is 2.29. The Morgan fingerprint density at radius 2 is 1.00 bits per heavy atom. The molecular weight excluding hydrogens is 932 g/mol. The van der Waals surface area contributed by atoms with Gasteiger partial charge in [0.25, 0.3) is 0 Å². The van der Waals surface area contributed by atoms with Crippen LogP contribution in [0.15, 0.2) is 116 Å². The van der Waals surface area contributed by atoms with E-state index < -0.39 is 26.2 Å². The maximum atomic E-state index is 13.4. The summed E-state index contributed by atoms with van der Waals surface area (Å²) < 4.78 is 58.2. The summed E-state index contributed by atoms with van der Waals surface area (Å²) in [6, 6.07) is 28.8. The molecule has 2 aromatic heterocycles. The number of benzene rings is 4. The zero-order chi connectivity index (χ0) is 42.2. The van der Waals surface area contributed by atoms with E-state index in [0.717, 1.165) is 36.4 Å². The molecule has 0 spiro atoms. The zero-order valence-electron chi connectivity index (χ0n) is 33.2. The van der Waals surface area contributed by atoms with Gasteiger partial charge in [0.15, 0.2) is 0 Å². The van der Waals surface area contributed by atoms with E-state index in [4.69, 9.17) is 25.7 Å². The number of aromatic nitrogens is 4. The van der Waals surface area contributed by atoms with Crippen molar-refractivity contribution in [1.29, 1.82) is 0 Å². The van der Waals surface area contributed by atoms with Gasteiger partial charge in [-0.15, -0.1) is 0 Å². The Bertz CT molecular complexity index is 2710. The van der Waals surface area contributed by atoms with Gasteiger partial charge >= 0.3 is 0 Å². The Morgan fingerprint density at radius 3 is 1.48 bits per heavy atom. The van der Waals surface area contributed by atoms with Crippen molar-refractivity contribution in [1.82, 2.24) is 43.7 Å². The molecule has 2 saturated heterocycles. The molecule has 2 aliphatic rings. The molecule has 18 heteroatoms. The number of fused-ring (bicyclic) bond motifs is 2. The van der Waals surface area contributed by atoms with Crippen LogP contribution in [0.3, 0.4) is 0 Å². The van der Waals surface area contributed by atoms with Crippen molar-refractivity contribution < 1.29 is 16.8 Å². The second kappa shape index (κ2) is 17.9.